The van der Waals surface area contributed by atoms with Crippen molar-refractivity contribution in [3.8, 4) is 17.3 Å². The van der Waals surface area contributed by atoms with Crippen LogP contribution in [0.1, 0.15) is 37.2 Å². The molecular formula is C21H25N5O2. The molecule has 2 fully saturated rings. The molecule has 1 unspecified atom stereocenters. The molecule has 146 valence electrons. The summed E-state index contributed by atoms with van der Waals surface area (Å²) in [7, 11) is 0. The molecule has 4 heterocycles. The Bertz CT molecular complexity index is 945. The van der Waals surface area contributed by atoms with Crippen molar-refractivity contribution in [3.63, 3.8) is 0 Å². The number of H-pyrrole nitrogens is 1. The van der Waals surface area contributed by atoms with E-state index in [1.54, 1.807) is 12.4 Å². The zero-order chi connectivity index (χ0) is 18.8. The molecule has 2 saturated heterocycles. The fourth-order valence-electron chi connectivity index (χ4n) is 4.09. The number of ether oxygens (including phenoxy) is 2. The Hall–Kier alpha value is -2.51. The highest BCUT2D eigenvalue weighted by atomic mass is 16.5. The van der Waals surface area contributed by atoms with E-state index in [9.17, 15) is 0 Å². The average Bonchev–Trinajstić information content (AvgIpc) is 3.19. The van der Waals surface area contributed by atoms with Gasteiger partial charge in [0.2, 0.25) is 5.88 Å². The van der Waals surface area contributed by atoms with E-state index in [0.29, 0.717) is 11.8 Å². The van der Waals surface area contributed by atoms with Crippen molar-refractivity contribution in [1.29, 1.82) is 0 Å². The van der Waals surface area contributed by atoms with Crippen molar-refractivity contribution in [2.45, 2.75) is 37.7 Å². The van der Waals surface area contributed by atoms with E-state index in [1.807, 2.05) is 0 Å². The summed E-state index contributed by atoms with van der Waals surface area (Å²) in [4.78, 5) is 9.03. The molecule has 0 spiro atoms. The number of piperidine rings is 1. The highest BCUT2D eigenvalue weighted by Gasteiger charge is 2.19. The van der Waals surface area contributed by atoms with E-state index in [0.717, 1.165) is 74.3 Å². The molecule has 0 radical (unpaired) electrons. The monoisotopic (exact) mass is 379 g/mol. The van der Waals surface area contributed by atoms with Crippen LogP contribution in [0.15, 0.2) is 30.6 Å². The van der Waals surface area contributed by atoms with Gasteiger partial charge in [-0.25, -0.2) is 4.98 Å². The molecule has 2 N–H and O–H groups in total. The molecular weight excluding hydrogens is 354 g/mol. The van der Waals surface area contributed by atoms with Crippen molar-refractivity contribution in [1.82, 2.24) is 25.5 Å². The zero-order valence-electron chi connectivity index (χ0n) is 15.9. The predicted molar refractivity (Wildman–Crippen MR) is 106 cm³/mol. The standard InChI is InChI=1S/C21H25N5O2/c1-4-16(10-22-7-1)28-20-12-23-11-19(24-20)21-17-9-14(5-6-18(17)25-26-21)15-3-2-8-27-13-15/h5-6,9,11-12,15-16,22H,1-4,7-8,10,13H2,(H,25,26)/t15?,16-/m1/s1. The van der Waals surface area contributed by atoms with Crippen LogP contribution in [0.4, 0.5) is 0 Å². The van der Waals surface area contributed by atoms with Crippen molar-refractivity contribution in [2.75, 3.05) is 26.3 Å². The van der Waals surface area contributed by atoms with Gasteiger partial charge < -0.3 is 14.8 Å². The lowest BCUT2D eigenvalue weighted by molar-refractivity contribution is 0.0805. The van der Waals surface area contributed by atoms with Crippen LogP contribution in [0, 0.1) is 0 Å². The van der Waals surface area contributed by atoms with Crippen LogP contribution in [0.2, 0.25) is 0 Å². The molecule has 2 atom stereocenters. The summed E-state index contributed by atoms with van der Waals surface area (Å²) in [6.07, 6.45) is 8.01. The first-order chi connectivity index (χ1) is 13.9. The van der Waals surface area contributed by atoms with Crippen LogP contribution in [-0.4, -0.2) is 52.6 Å². The van der Waals surface area contributed by atoms with Gasteiger partial charge in [-0.05, 0) is 49.9 Å². The Kier molecular flexibility index (Phi) is 4.93. The SMILES string of the molecule is c1cc2[nH]nc(-c3cncc(O[C@@H]4CCCNC4)n3)c2cc1C1CCCOC1. The maximum Gasteiger partial charge on any atom is 0.233 e. The maximum absolute atomic E-state index is 6.03. The Morgan fingerprint density at radius 3 is 3.00 bits per heavy atom. The summed E-state index contributed by atoms with van der Waals surface area (Å²) in [5.74, 6) is 1.000. The van der Waals surface area contributed by atoms with Gasteiger partial charge in [0.25, 0.3) is 0 Å². The molecule has 0 saturated carbocycles. The molecule has 7 heteroatoms. The van der Waals surface area contributed by atoms with Crippen molar-refractivity contribution < 1.29 is 9.47 Å². The van der Waals surface area contributed by atoms with Crippen molar-refractivity contribution in [3.05, 3.63) is 36.2 Å². The number of hydrogen-bond donors (Lipinski definition) is 2. The van der Waals surface area contributed by atoms with E-state index in [4.69, 9.17) is 9.47 Å². The van der Waals surface area contributed by atoms with Crippen LogP contribution in [0.5, 0.6) is 5.88 Å². The number of fused-ring (bicyclic) bond motifs is 1. The molecule has 28 heavy (non-hydrogen) atoms. The first kappa shape index (κ1) is 17.6. The van der Waals surface area contributed by atoms with Gasteiger partial charge in [-0.2, -0.15) is 5.10 Å². The predicted octanol–water partition coefficient (Wildman–Crippen LogP) is 3.04. The fraction of sp³-hybridized carbons (Fsp3) is 0.476. The maximum atomic E-state index is 6.03. The van der Waals surface area contributed by atoms with Gasteiger partial charge in [0, 0.05) is 24.5 Å². The smallest absolute Gasteiger partial charge is 0.233 e. The average molecular weight is 379 g/mol. The third-order valence-corrected chi connectivity index (χ3v) is 5.61. The van der Waals surface area contributed by atoms with Gasteiger partial charge in [-0.15, -0.1) is 0 Å². The molecule has 0 aliphatic carbocycles. The number of nitrogens with zero attached hydrogens (tertiary/aromatic N) is 3. The van der Waals surface area contributed by atoms with Gasteiger partial charge in [0.15, 0.2) is 0 Å². The van der Waals surface area contributed by atoms with Crippen molar-refractivity contribution in [2.24, 2.45) is 0 Å². The summed E-state index contributed by atoms with van der Waals surface area (Å²) in [5, 5.41) is 12.1. The first-order valence-corrected chi connectivity index (χ1v) is 10.1. The van der Waals surface area contributed by atoms with E-state index in [1.165, 1.54) is 5.56 Å². The lowest BCUT2D eigenvalue weighted by Crippen LogP contribution is -2.37. The number of rotatable bonds is 4. The second-order valence-electron chi connectivity index (χ2n) is 7.62. The van der Waals surface area contributed by atoms with E-state index in [-0.39, 0.29) is 6.10 Å². The van der Waals surface area contributed by atoms with Gasteiger partial charge in [-0.1, -0.05) is 6.07 Å². The normalized spacial score (nSPS) is 23.0. The van der Waals surface area contributed by atoms with Crippen molar-refractivity contribution >= 4 is 10.9 Å². The topological polar surface area (TPSA) is 85.0 Å². The third kappa shape index (κ3) is 3.59. The van der Waals surface area contributed by atoms with Crippen LogP contribution in [-0.2, 0) is 4.74 Å². The number of aromatic nitrogens is 4. The zero-order valence-corrected chi connectivity index (χ0v) is 15.9. The first-order valence-electron chi connectivity index (χ1n) is 10.1. The van der Waals surface area contributed by atoms with Gasteiger partial charge in [-0.3, -0.25) is 10.1 Å². The minimum atomic E-state index is 0.145. The molecule has 3 aromatic rings. The number of benzene rings is 1. The Labute approximate surface area is 163 Å². The molecule has 2 aliphatic rings. The summed E-state index contributed by atoms with van der Waals surface area (Å²) in [6, 6.07) is 6.48. The molecule has 7 nitrogen and oxygen atoms in total. The van der Waals surface area contributed by atoms with E-state index in [2.05, 4.69) is 43.7 Å². The number of nitrogens with one attached hydrogen (secondary N) is 2. The van der Waals surface area contributed by atoms with Gasteiger partial charge in [0.1, 0.15) is 17.5 Å². The summed E-state index contributed by atoms with van der Waals surface area (Å²) >= 11 is 0. The minimum absolute atomic E-state index is 0.145. The van der Waals surface area contributed by atoms with Crippen LogP contribution in [0.3, 0.4) is 0 Å². The fourth-order valence-corrected chi connectivity index (χ4v) is 4.09. The van der Waals surface area contributed by atoms with Gasteiger partial charge in [0.05, 0.1) is 24.5 Å². The molecule has 1 aromatic carbocycles. The van der Waals surface area contributed by atoms with Gasteiger partial charge >= 0.3 is 0 Å². The third-order valence-electron chi connectivity index (χ3n) is 5.61. The Balaban J connectivity index is 1.44. The number of hydrogen-bond acceptors (Lipinski definition) is 6. The van der Waals surface area contributed by atoms with Crippen LogP contribution in [0.25, 0.3) is 22.3 Å². The quantitative estimate of drug-likeness (QED) is 0.725. The summed E-state index contributed by atoms with van der Waals surface area (Å²) in [5.41, 5.74) is 3.83. The summed E-state index contributed by atoms with van der Waals surface area (Å²) < 4.78 is 11.7. The molecule has 2 aliphatic heterocycles. The Morgan fingerprint density at radius 1 is 1.14 bits per heavy atom. The largest absolute Gasteiger partial charge is 0.472 e. The molecule has 5 rings (SSSR count). The van der Waals surface area contributed by atoms with Crippen LogP contribution >= 0.6 is 0 Å². The second-order valence-corrected chi connectivity index (χ2v) is 7.62. The molecule has 0 bridgehead atoms. The second kappa shape index (κ2) is 7.85. The highest BCUT2D eigenvalue weighted by Crippen LogP contribution is 2.31. The van der Waals surface area contributed by atoms with Crippen LogP contribution < -0.4 is 10.1 Å². The minimum Gasteiger partial charge on any atom is -0.472 e. The molecule has 2 aromatic heterocycles. The highest BCUT2D eigenvalue weighted by molar-refractivity contribution is 5.92. The van der Waals surface area contributed by atoms with E-state index >= 15 is 0 Å². The Morgan fingerprint density at radius 2 is 2.14 bits per heavy atom. The molecule has 0 amide bonds. The lowest BCUT2D eigenvalue weighted by atomic mass is 9.92. The van der Waals surface area contributed by atoms with E-state index < -0.39 is 0 Å². The lowest BCUT2D eigenvalue weighted by Gasteiger charge is -2.23. The summed E-state index contributed by atoms with van der Waals surface area (Å²) in [6.45, 7) is 3.56. The number of aromatic amines is 1.